The zero-order chi connectivity index (χ0) is 16.6. The Morgan fingerprint density at radius 3 is 2.52 bits per heavy atom. The van der Waals surface area contributed by atoms with E-state index in [1.807, 2.05) is 57.2 Å². The molecule has 1 N–H and O–H groups in total. The number of furan rings is 1. The summed E-state index contributed by atoms with van der Waals surface area (Å²) in [6, 6.07) is 11.3. The highest BCUT2D eigenvalue weighted by Crippen LogP contribution is 2.29. The van der Waals surface area contributed by atoms with Crippen LogP contribution in [0.1, 0.15) is 27.2 Å². The van der Waals surface area contributed by atoms with Gasteiger partial charge in [0.05, 0.1) is 7.11 Å². The lowest BCUT2D eigenvalue weighted by Gasteiger charge is -2.06. The highest BCUT2D eigenvalue weighted by molar-refractivity contribution is 6.06. The Bertz CT molecular complexity index is 893. The highest BCUT2D eigenvalue weighted by Gasteiger charge is 2.18. The van der Waals surface area contributed by atoms with Crippen LogP contribution in [0.4, 0.5) is 5.69 Å². The van der Waals surface area contributed by atoms with Crippen LogP contribution in [-0.2, 0) is 0 Å². The number of amides is 1. The van der Waals surface area contributed by atoms with Crippen LogP contribution in [-0.4, -0.2) is 13.0 Å². The molecule has 0 bridgehead atoms. The summed E-state index contributed by atoms with van der Waals surface area (Å²) in [4.78, 5) is 12.5. The smallest absolute Gasteiger partial charge is 0.291 e. The summed E-state index contributed by atoms with van der Waals surface area (Å²) >= 11 is 0. The molecule has 1 heterocycles. The van der Waals surface area contributed by atoms with Crippen molar-refractivity contribution >= 4 is 22.6 Å². The zero-order valence-electron chi connectivity index (χ0n) is 13.7. The Morgan fingerprint density at radius 2 is 1.83 bits per heavy atom. The minimum Gasteiger partial charge on any atom is -0.497 e. The lowest BCUT2D eigenvalue weighted by molar-refractivity contribution is 0.0998. The maximum absolute atomic E-state index is 12.5. The highest BCUT2D eigenvalue weighted by atomic mass is 16.5. The topological polar surface area (TPSA) is 51.5 Å². The lowest BCUT2D eigenvalue weighted by Crippen LogP contribution is -2.12. The van der Waals surface area contributed by atoms with Crippen LogP contribution in [0.15, 0.2) is 40.8 Å². The van der Waals surface area contributed by atoms with Crippen LogP contribution >= 0.6 is 0 Å². The molecule has 1 amide bonds. The first kappa shape index (κ1) is 15.2. The van der Waals surface area contributed by atoms with Crippen molar-refractivity contribution in [2.45, 2.75) is 20.8 Å². The largest absolute Gasteiger partial charge is 0.497 e. The van der Waals surface area contributed by atoms with E-state index in [2.05, 4.69) is 5.32 Å². The number of benzene rings is 2. The quantitative estimate of drug-likeness (QED) is 0.768. The van der Waals surface area contributed by atoms with E-state index in [0.717, 1.165) is 28.0 Å². The Balaban J connectivity index is 1.94. The van der Waals surface area contributed by atoms with Crippen LogP contribution in [0.25, 0.3) is 11.0 Å². The van der Waals surface area contributed by atoms with Crippen LogP contribution in [0.2, 0.25) is 0 Å². The van der Waals surface area contributed by atoms with Crippen molar-refractivity contribution < 1.29 is 13.9 Å². The number of rotatable bonds is 3. The standard InChI is InChI=1S/C19H19NO3/c1-11-5-6-14(9-12(11)2)20-19(21)18-13(3)16-10-15(22-4)7-8-17(16)23-18/h5-10H,1-4H3,(H,20,21). The van der Waals surface area contributed by atoms with Gasteiger partial charge in [0, 0.05) is 16.6 Å². The van der Waals surface area contributed by atoms with Gasteiger partial charge in [0.25, 0.3) is 5.91 Å². The Hall–Kier alpha value is -2.75. The van der Waals surface area contributed by atoms with Gasteiger partial charge in [-0.2, -0.15) is 0 Å². The molecular formula is C19H19NO3. The van der Waals surface area contributed by atoms with E-state index >= 15 is 0 Å². The molecule has 0 unspecified atom stereocenters. The SMILES string of the molecule is COc1ccc2oc(C(=O)Nc3ccc(C)c(C)c3)c(C)c2c1. The average molecular weight is 309 g/mol. The van der Waals surface area contributed by atoms with Gasteiger partial charge >= 0.3 is 0 Å². The summed E-state index contributed by atoms with van der Waals surface area (Å²) in [5.74, 6) is 0.815. The van der Waals surface area contributed by atoms with Crippen molar-refractivity contribution in [2.24, 2.45) is 0 Å². The fourth-order valence-corrected chi connectivity index (χ4v) is 2.55. The van der Waals surface area contributed by atoms with Crippen LogP contribution < -0.4 is 10.1 Å². The number of hydrogen-bond donors (Lipinski definition) is 1. The predicted octanol–water partition coefficient (Wildman–Crippen LogP) is 4.62. The number of aryl methyl sites for hydroxylation is 3. The number of anilines is 1. The van der Waals surface area contributed by atoms with Gasteiger partial charge in [-0.05, 0) is 62.2 Å². The molecule has 1 aromatic heterocycles. The zero-order valence-corrected chi connectivity index (χ0v) is 13.7. The summed E-state index contributed by atoms with van der Waals surface area (Å²) in [7, 11) is 1.62. The summed E-state index contributed by atoms with van der Waals surface area (Å²) in [6.45, 7) is 5.93. The monoisotopic (exact) mass is 309 g/mol. The van der Waals surface area contributed by atoms with Gasteiger partial charge in [0.2, 0.25) is 0 Å². The maximum Gasteiger partial charge on any atom is 0.291 e. The van der Waals surface area contributed by atoms with E-state index in [9.17, 15) is 4.79 Å². The van der Waals surface area contributed by atoms with Gasteiger partial charge in [-0.25, -0.2) is 0 Å². The molecule has 0 saturated carbocycles. The van der Waals surface area contributed by atoms with Gasteiger partial charge in [-0.3, -0.25) is 4.79 Å². The Labute approximate surface area is 135 Å². The fraction of sp³-hybridized carbons (Fsp3) is 0.211. The summed E-state index contributed by atoms with van der Waals surface area (Å²) < 4.78 is 10.9. The molecule has 3 aromatic rings. The second kappa shape index (κ2) is 5.80. The van der Waals surface area contributed by atoms with E-state index in [1.165, 1.54) is 5.56 Å². The number of ether oxygens (including phenoxy) is 1. The van der Waals surface area contributed by atoms with Gasteiger partial charge in [-0.15, -0.1) is 0 Å². The number of carbonyl (C=O) groups is 1. The molecule has 0 aliphatic heterocycles. The Kier molecular flexibility index (Phi) is 3.82. The summed E-state index contributed by atoms with van der Waals surface area (Å²) in [6.07, 6.45) is 0. The molecule has 118 valence electrons. The van der Waals surface area contributed by atoms with E-state index in [1.54, 1.807) is 7.11 Å². The van der Waals surface area contributed by atoms with E-state index in [4.69, 9.17) is 9.15 Å². The van der Waals surface area contributed by atoms with E-state index in [-0.39, 0.29) is 5.91 Å². The molecule has 23 heavy (non-hydrogen) atoms. The third-order valence-corrected chi connectivity index (χ3v) is 4.11. The second-order valence-electron chi connectivity index (χ2n) is 5.67. The summed E-state index contributed by atoms with van der Waals surface area (Å²) in [5.41, 5.74) is 4.56. The number of nitrogens with one attached hydrogen (secondary N) is 1. The average Bonchev–Trinajstić information content (AvgIpc) is 2.87. The number of methoxy groups -OCH3 is 1. The molecule has 0 aliphatic rings. The summed E-state index contributed by atoms with van der Waals surface area (Å²) in [5, 5.41) is 3.78. The number of carbonyl (C=O) groups excluding carboxylic acids is 1. The van der Waals surface area contributed by atoms with Gasteiger partial charge in [-0.1, -0.05) is 6.07 Å². The molecule has 2 aromatic carbocycles. The molecule has 3 rings (SSSR count). The van der Waals surface area contributed by atoms with Crippen molar-refractivity contribution in [3.05, 3.63) is 58.8 Å². The second-order valence-corrected chi connectivity index (χ2v) is 5.67. The minimum atomic E-state index is -0.249. The van der Waals surface area contributed by atoms with Crippen molar-refractivity contribution in [1.29, 1.82) is 0 Å². The van der Waals surface area contributed by atoms with E-state index in [0.29, 0.717) is 11.3 Å². The lowest BCUT2D eigenvalue weighted by atomic mass is 10.1. The third kappa shape index (κ3) is 2.80. The minimum absolute atomic E-state index is 0.249. The molecule has 0 fully saturated rings. The molecule has 0 spiro atoms. The van der Waals surface area contributed by atoms with Gasteiger partial charge < -0.3 is 14.5 Å². The van der Waals surface area contributed by atoms with Crippen LogP contribution in [0.3, 0.4) is 0 Å². The molecule has 0 saturated heterocycles. The molecule has 4 nitrogen and oxygen atoms in total. The molecule has 4 heteroatoms. The first-order chi connectivity index (χ1) is 11.0. The van der Waals surface area contributed by atoms with Crippen molar-refractivity contribution in [2.75, 3.05) is 12.4 Å². The third-order valence-electron chi connectivity index (χ3n) is 4.11. The normalized spacial score (nSPS) is 10.8. The van der Waals surface area contributed by atoms with Gasteiger partial charge in [0.15, 0.2) is 5.76 Å². The van der Waals surface area contributed by atoms with Crippen LogP contribution in [0.5, 0.6) is 5.75 Å². The first-order valence-electron chi connectivity index (χ1n) is 7.45. The van der Waals surface area contributed by atoms with E-state index < -0.39 is 0 Å². The molecular weight excluding hydrogens is 290 g/mol. The first-order valence-corrected chi connectivity index (χ1v) is 7.45. The van der Waals surface area contributed by atoms with Crippen molar-refractivity contribution in [3.8, 4) is 5.75 Å². The van der Waals surface area contributed by atoms with Gasteiger partial charge in [0.1, 0.15) is 11.3 Å². The number of hydrogen-bond acceptors (Lipinski definition) is 3. The molecule has 0 atom stereocenters. The Morgan fingerprint density at radius 1 is 1.04 bits per heavy atom. The predicted molar refractivity (Wildman–Crippen MR) is 91.4 cm³/mol. The number of fused-ring (bicyclic) bond motifs is 1. The molecule has 0 aliphatic carbocycles. The molecule has 0 radical (unpaired) electrons. The van der Waals surface area contributed by atoms with Crippen molar-refractivity contribution in [1.82, 2.24) is 0 Å². The maximum atomic E-state index is 12.5. The fourth-order valence-electron chi connectivity index (χ4n) is 2.55. The van der Waals surface area contributed by atoms with Crippen LogP contribution in [0, 0.1) is 20.8 Å². The van der Waals surface area contributed by atoms with Crippen molar-refractivity contribution in [3.63, 3.8) is 0 Å².